The standard InChI is InChI=1S/C9H12N4O3/c10-3-1-2-4-11-7(14)6-5-12-9(16)13-8(6)15/h1-2,5H,3-4,10H2,(H,11,14)(H2,12,13,15,16)/b2-1+. The van der Waals surface area contributed by atoms with Crippen LogP contribution in [-0.4, -0.2) is 29.0 Å². The number of aromatic amines is 2. The van der Waals surface area contributed by atoms with Crippen LogP contribution in [0.25, 0.3) is 0 Å². The Morgan fingerprint density at radius 3 is 2.81 bits per heavy atom. The van der Waals surface area contributed by atoms with Gasteiger partial charge in [-0.2, -0.15) is 0 Å². The highest BCUT2D eigenvalue weighted by atomic mass is 16.2. The summed E-state index contributed by atoms with van der Waals surface area (Å²) in [4.78, 5) is 37.5. The van der Waals surface area contributed by atoms with Crippen LogP contribution in [0.5, 0.6) is 0 Å². The monoisotopic (exact) mass is 224 g/mol. The summed E-state index contributed by atoms with van der Waals surface area (Å²) < 4.78 is 0. The topological polar surface area (TPSA) is 121 Å². The van der Waals surface area contributed by atoms with Gasteiger partial charge < -0.3 is 16.0 Å². The van der Waals surface area contributed by atoms with Gasteiger partial charge in [0.15, 0.2) is 0 Å². The summed E-state index contributed by atoms with van der Waals surface area (Å²) in [5.41, 5.74) is 3.70. The highest BCUT2D eigenvalue weighted by Gasteiger charge is 2.08. The smallest absolute Gasteiger partial charge is 0.325 e. The predicted octanol–water partition coefficient (Wildman–Crippen LogP) is -1.69. The molecule has 86 valence electrons. The van der Waals surface area contributed by atoms with Gasteiger partial charge in [0.1, 0.15) is 5.56 Å². The van der Waals surface area contributed by atoms with Gasteiger partial charge in [-0.1, -0.05) is 12.2 Å². The molecule has 0 radical (unpaired) electrons. The van der Waals surface area contributed by atoms with E-state index in [4.69, 9.17) is 5.73 Å². The van der Waals surface area contributed by atoms with Gasteiger partial charge in [-0.3, -0.25) is 14.6 Å². The molecule has 0 aromatic carbocycles. The number of H-pyrrole nitrogens is 2. The minimum Gasteiger partial charge on any atom is -0.348 e. The lowest BCUT2D eigenvalue weighted by molar-refractivity contribution is 0.0956. The lowest BCUT2D eigenvalue weighted by Gasteiger charge is -2.00. The first-order chi connectivity index (χ1) is 7.65. The molecule has 0 unspecified atom stereocenters. The third kappa shape index (κ3) is 3.21. The molecule has 0 atom stereocenters. The minimum atomic E-state index is -0.718. The van der Waals surface area contributed by atoms with E-state index in [0.717, 1.165) is 6.20 Å². The zero-order chi connectivity index (χ0) is 12.0. The van der Waals surface area contributed by atoms with Gasteiger partial charge in [-0.15, -0.1) is 0 Å². The summed E-state index contributed by atoms with van der Waals surface area (Å²) in [6.07, 6.45) is 4.41. The Morgan fingerprint density at radius 1 is 1.44 bits per heavy atom. The summed E-state index contributed by atoms with van der Waals surface area (Å²) >= 11 is 0. The van der Waals surface area contributed by atoms with Gasteiger partial charge in [-0.05, 0) is 0 Å². The van der Waals surface area contributed by atoms with Crippen LogP contribution in [0.1, 0.15) is 10.4 Å². The molecule has 0 saturated carbocycles. The molecular weight excluding hydrogens is 212 g/mol. The lowest BCUT2D eigenvalue weighted by atomic mass is 10.3. The Morgan fingerprint density at radius 2 is 2.19 bits per heavy atom. The molecular formula is C9H12N4O3. The van der Waals surface area contributed by atoms with Crippen molar-refractivity contribution in [2.24, 2.45) is 5.73 Å². The highest BCUT2D eigenvalue weighted by Crippen LogP contribution is 1.84. The summed E-state index contributed by atoms with van der Waals surface area (Å²) in [7, 11) is 0. The first-order valence-electron chi connectivity index (χ1n) is 4.60. The number of amides is 1. The number of nitrogens with two attached hydrogens (primary N) is 1. The number of hydrogen-bond acceptors (Lipinski definition) is 4. The van der Waals surface area contributed by atoms with Crippen molar-refractivity contribution in [3.8, 4) is 0 Å². The minimum absolute atomic E-state index is 0.138. The van der Waals surface area contributed by atoms with Gasteiger partial charge >= 0.3 is 5.69 Å². The molecule has 7 heteroatoms. The average molecular weight is 224 g/mol. The highest BCUT2D eigenvalue weighted by molar-refractivity contribution is 5.93. The van der Waals surface area contributed by atoms with E-state index in [1.165, 1.54) is 0 Å². The van der Waals surface area contributed by atoms with E-state index in [1.807, 2.05) is 4.98 Å². The molecule has 1 amide bonds. The van der Waals surface area contributed by atoms with Crippen molar-refractivity contribution in [2.75, 3.05) is 13.1 Å². The first kappa shape index (κ1) is 11.9. The number of carbonyl (C=O) groups excluding carboxylic acids is 1. The van der Waals surface area contributed by atoms with Crippen LogP contribution in [0.3, 0.4) is 0 Å². The Hall–Kier alpha value is -2.15. The summed E-state index contributed by atoms with van der Waals surface area (Å²) in [5, 5.41) is 2.47. The second-order valence-electron chi connectivity index (χ2n) is 2.90. The maximum atomic E-state index is 11.4. The summed E-state index contributed by atoms with van der Waals surface area (Å²) in [5.74, 6) is -0.556. The van der Waals surface area contributed by atoms with Gasteiger partial charge in [0, 0.05) is 19.3 Å². The molecule has 0 aliphatic rings. The van der Waals surface area contributed by atoms with Crippen molar-refractivity contribution in [3.05, 3.63) is 44.8 Å². The van der Waals surface area contributed by atoms with Crippen molar-refractivity contribution in [1.29, 1.82) is 0 Å². The molecule has 0 fully saturated rings. The van der Waals surface area contributed by atoms with E-state index >= 15 is 0 Å². The molecule has 0 saturated heterocycles. The molecule has 1 heterocycles. The maximum Gasteiger partial charge on any atom is 0.325 e. The Labute approximate surface area is 90.4 Å². The summed E-state index contributed by atoms with van der Waals surface area (Å²) in [6.45, 7) is 0.656. The predicted molar refractivity (Wildman–Crippen MR) is 58.2 cm³/mol. The average Bonchev–Trinajstić information content (AvgIpc) is 2.24. The van der Waals surface area contributed by atoms with Crippen LogP contribution in [-0.2, 0) is 0 Å². The number of carbonyl (C=O) groups is 1. The molecule has 5 N–H and O–H groups in total. The first-order valence-corrected chi connectivity index (χ1v) is 4.60. The van der Waals surface area contributed by atoms with Gasteiger partial charge in [0.25, 0.3) is 11.5 Å². The van der Waals surface area contributed by atoms with Crippen LogP contribution in [0.4, 0.5) is 0 Å². The van der Waals surface area contributed by atoms with Crippen molar-refractivity contribution in [2.45, 2.75) is 0 Å². The number of hydrogen-bond donors (Lipinski definition) is 4. The Balaban J connectivity index is 2.70. The van der Waals surface area contributed by atoms with Gasteiger partial charge in [0.2, 0.25) is 0 Å². The third-order valence-electron chi connectivity index (χ3n) is 1.75. The van der Waals surface area contributed by atoms with Crippen molar-refractivity contribution < 1.29 is 4.79 Å². The number of aromatic nitrogens is 2. The zero-order valence-corrected chi connectivity index (χ0v) is 8.45. The van der Waals surface area contributed by atoms with Crippen LogP contribution >= 0.6 is 0 Å². The Bertz CT molecular complexity index is 500. The van der Waals surface area contributed by atoms with Crippen molar-refractivity contribution in [1.82, 2.24) is 15.3 Å². The molecule has 16 heavy (non-hydrogen) atoms. The number of rotatable bonds is 4. The SMILES string of the molecule is NC/C=C/CNC(=O)c1c[nH]c(=O)[nH]c1=O. The fraction of sp³-hybridized carbons (Fsp3) is 0.222. The van der Waals surface area contributed by atoms with Crippen LogP contribution in [0.15, 0.2) is 27.9 Å². The molecule has 7 nitrogen and oxygen atoms in total. The zero-order valence-electron chi connectivity index (χ0n) is 8.45. The second-order valence-corrected chi connectivity index (χ2v) is 2.90. The van der Waals surface area contributed by atoms with Crippen LogP contribution in [0.2, 0.25) is 0 Å². The third-order valence-corrected chi connectivity index (χ3v) is 1.75. The quantitative estimate of drug-likeness (QED) is 0.456. The maximum absolute atomic E-state index is 11.4. The summed E-state index contributed by atoms with van der Waals surface area (Å²) in [6, 6.07) is 0. The van der Waals surface area contributed by atoms with E-state index < -0.39 is 17.2 Å². The van der Waals surface area contributed by atoms with E-state index in [1.54, 1.807) is 12.2 Å². The van der Waals surface area contributed by atoms with Crippen molar-refractivity contribution in [3.63, 3.8) is 0 Å². The molecule has 0 aliphatic heterocycles. The Kier molecular flexibility index (Phi) is 4.22. The van der Waals surface area contributed by atoms with E-state index in [2.05, 4.69) is 10.3 Å². The molecule has 0 aliphatic carbocycles. The fourth-order valence-electron chi connectivity index (χ4n) is 1.00. The largest absolute Gasteiger partial charge is 0.348 e. The van der Waals surface area contributed by atoms with Gasteiger partial charge in [0.05, 0.1) is 0 Å². The number of nitrogens with one attached hydrogen (secondary N) is 3. The second kappa shape index (κ2) is 5.66. The van der Waals surface area contributed by atoms with Crippen molar-refractivity contribution >= 4 is 5.91 Å². The molecule has 0 spiro atoms. The van der Waals surface area contributed by atoms with Crippen LogP contribution in [0, 0.1) is 0 Å². The fourth-order valence-corrected chi connectivity index (χ4v) is 1.00. The van der Waals surface area contributed by atoms with Crippen LogP contribution < -0.4 is 22.3 Å². The normalized spacial score (nSPS) is 10.6. The molecule has 1 aromatic rings. The van der Waals surface area contributed by atoms with E-state index in [-0.39, 0.29) is 12.1 Å². The lowest BCUT2D eigenvalue weighted by Crippen LogP contribution is -2.33. The van der Waals surface area contributed by atoms with Gasteiger partial charge in [-0.25, -0.2) is 4.79 Å². The molecule has 1 aromatic heterocycles. The van der Waals surface area contributed by atoms with E-state index in [0.29, 0.717) is 6.54 Å². The molecule has 1 rings (SSSR count). The van der Waals surface area contributed by atoms with E-state index in [9.17, 15) is 14.4 Å². The molecule has 0 bridgehead atoms.